The van der Waals surface area contributed by atoms with E-state index in [1.807, 2.05) is 6.07 Å². The molecule has 0 aliphatic rings. The molecule has 3 nitrogen and oxygen atoms in total. The summed E-state index contributed by atoms with van der Waals surface area (Å²) in [6.45, 7) is 4.96. The lowest BCUT2D eigenvalue weighted by molar-refractivity contribution is 0.397. The summed E-state index contributed by atoms with van der Waals surface area (Å²) in [6.07, 6.45) is 1.76. The number of ether oxygens (including phenoxy) is 1. The van der Waals surface area contributed by atoms with Crippen LogP contribution >= 0.6 is 11.6 Å². The second-order valence-electron chi connectivity index (χ2n) is 3.37. The second kappa shape index (κ2) is 5.17. The summed E-state index contributed by atoms with van der Waals surface area (Å²) in [5, 5.41) is 3.84. The van der Waals surface area contributed by atoms with Gasteiger partial charge in [-0.25, -0.2) is 4.98 Å². The number of halogens is 1. The molecule has 0 aromatic carbocycles. The Morgan fingerprint density at radius 1 is 1.57 bits per heavy atom. The molecule has 0 amide bonds. The van der Waals surface area contributed by atoms with Crippen LogP contribution in [0.3, 0.4) is 0 Å². The Balaban J connectivity index is 2.66. The van der Waals surface area contributed by atoms with Gasteiger partial charge >= 0.3 is 0 Å². The summed E-state index contributed by atoms with van der Waals surface area (Å²) >= 11 is 5.93. The lowest BCUT2D eigenvalue weighted by Crippen LogP contribution is -2.21. The molecule has 0 radical (unpaired) electrons. The van der Waals surface area contributed by atoms with Crippen LogP contribution in [-0.2, 0) is 6.54 Å². The van der Waals surface area contributed by atoms with Gasteiger partial charge in [-0.05, 0) is 11.6 Å². The summed E-state index contributed by atoms with van der Waals surface area (Å²) in [6, 6.07) is 2.32. The van der Waals surface area contributed by atoms with E-state index in [2.05, 4.69) is 24.1 Å². The first-order valence-corrected chi connectivity index (χ1v) is 4.93. The molecule has 4 heteroatoms. The molecule has 1 heterocycles. The van der Waals surface area contributed by atoms with Crippen LogP contribution in [0, 0.1) is 0 Å². The van der Waals surface area contributed by atoms with Gasteiger partial charge in [-0.2, -0.15) is 0 Å². The molecule has 0 fully saturated rings. The topological polar surface area (TPSA) is 34.1 Å². The molecule has 0 aliphatic heterocycles. The minimum absolute atomic E-state index is 0.455. The highest BCUT2D eigenvalue weighted by Crippen LogP contribution is 2.21. The Hall–Kier alpha value is -0.800. The van der Waals surface area contributed by atoms with Crippen molar-refractivity contribution in [2.75, 3.05) is 7.11 Å². The van der Waals surface area contributed by atoms with Crippen LogP contribution in [0.4, 0.5) is 0 Å². The standard InChI is InChI=1S/C10H15ClN2O/c1-7(2)12-5-8-4-9(11)10(14-3)13-6-8/h4,6-7,12H,5H2,1-3H3. The molecule has 1 aromatic heterocycles. The van der Waals surface area contributed by atoms with Gasteiger partial charge in [-0.15, -0.1) is 0 Å². The first kappa shape index (κ1) is 11.3. The molecule has 0 saturated heterocycles. The lowest BCUT2D eigenvalue weighted by Gasteiger charge is -2.08. The fraction of sp³-hybridized carbons (Fsp3) is 0.500. The first-order chi connectivity index (χ1) is 6.63. The third-order valence-electron chi connectivity index (χ3n) is 1.77. The van der Waals surface area contributed by atoms with E-state index >= 15 is 0 Å². The number of rotatable bonds is 4. The zero-order chi connectivity index (χ0) is 10.6. The highest BCUT2D eigenvalue weighted by molar-refractivity contribution is 6.31. The van der Waals surface area contributed by atoms with Gasteiger partial charge in [0.2, 0.25) is 5.88 Å². The van der Waals surface area contributed by atoms with E-state index in [1.165, 1.54) is 0 Å². The quantitative estimate of drug-likeness (QED) is 0.835. The van der Waals surface area contributed by atoms with Crippen molar-refractivity contribution in [3.63, 3.8) is 0 Å². The van der Waals surface area contributed by atoms with Crippen LogP contribution in [0.5, 0.6) is 5.88 Å². The number of hydrogen-bond acceptors (Lipinski definition) is 3. The first-order valence-electron chi connectivity index (χ1n) is 4.55. The lowest BCUT2D eigenvalue weighted by atomic mass is 10.2. The van der Waals surface area contributed by atoms with Crippen LogP contribution in [0.2, 0.25) is 5.02 Å². The fourth-order valence-corrected chi connectivity index (χ4v) is 1.30. The molecule has 0 atom stereocenters. The zero-order valence-electron chi connectivity index (χ0n) is 8.67. The largest absolute Gasteiger partial charge is 0.480 e. The van der Waals surface area contributed by atoms with Crippen molar-refractivity contribution >= 4 is 11.6 Å². The van der Waals surface area contributed by atoms with Crippen LogP contribution in [0.1, 0.15) is 19.4 Å². The summed E-state index contributed by atoms with van der Waals surface area (Å²) in [5.41, 5.74) is 1.06. The molecule has 0 aliphatic carbocycles. The molecule has 1 rings (SSSR count). The van der Waals surface area contributed by atoms with Gasteiger partial charge in [0.15, 0.2) is 0 Å². The molecule has 0 unspecified atom stereocenters. The van der Waals surface area contributed by atoms with Crippen LogP contribution in [0.25, 0.3) is 0 Å². The van der Waals surface area contributed by atoms with Crippen molar-refractivity contribution < 1.29 is 4.74 Å². The zero-order valence-corrected chi connectivity index (χ0v) is 9.43. The average Bonchev–Trinajstić information content (AvgIpc) is 2.15. The highest BCUT2D eigenvalue weighted by atomic mass is 35.5. The van der Waals surface area contributed by atoms with Gasteiger partial charge in [0.1, 0.15) is 5.02 Å². The number of nitrogens with zero attached hydrogens (tertiary/aromatic N) is 1. The Morgan fingerprint density at radius 2 is 2.29 bits per heavy atom. The van der Waals surface area contributed by atoms with Gasteiger partial charge in [-0.1, -0.05) is 25.4 Å². The fourth-order valence-electron chi connectivity index (χ4n) is 1.03. The van der Waals surface area contributed by atoms with E-state index in [4.69, 9.17) is 16.3 Å². The molecular weight excluding hydrogens is 200 g/mol. The van der Waals surface area contributed by atoms with Crippen molar-refractivity contribution in [1.82, 2.24) is 10.3 Å². The van der Waals surface area contributed by atoms with Crippen molar-refractivity contribution in [2.24, 2.45) is 0 Å². The Bertz CT molecular complexity index is 302. The summed E-state index contributed by atoms with van der Waals surface area (Å²) in [4.78, 5) is 4.08. The van der Waals surface area contributed by atoms with Crippen molar-refractivity contribution in [1.29, 1.82) is 0 Å². The molecule has 0 bridgehead atoms. The van der Waals surface area contributed by atoms with Gasteiger partial charge in [0, 0.05) is 18.8 Å². The number of methoxy groups -OCH3 is 1. The number of nitrogens with one attached hydrogen (secondary N) is 1. The van der Waals surface area contributed by atoms with Crippen LogP contribution in [0.15, 0.2) is 12.3 Å². The maximum absolute atomic E-state index is 5.93. The molecule has 1 aromatic rings. The third kappa shape index (κ3) is 3.16. The van der Waals surface area contributed by atoms with Crippen molar-refractivity contribution in [3.05, 3.63) is 22.8 Å². The van der Waals surface area contributed by atoms with E-state index in [0.29, 0.717) is 16.9 Å². The predicted molar refractivity (Wildman–Crippen MR) is 57.8 cm³/mol. The Kier molecular flexibility index (Phi) is 4.17. The summed E-state index contributed by atoms with van der Waals surface area (Å²) < 4.78 is 4.96. The van der Waals surface area contributed by atoms with Crippen molar-refractivity contribution in [2.45, 2.75) is 26.4 Å². The highest BCUT2D eigenvalue weighted by Gasteiger charge is 2.03. The molecule has 0 spiro atoms. The normalized spacial score (nSPS) is 10.6. The number of hydrogen-bond donors (Lipinski definition) is 1. The van der Waals surface area contributed by atoms with E-state index < -0.39 is 0 Å². The van der Waals surface area contributed by atoms with Gasteiger partial charge in [0.05, 0.1) is 7.11 Å². The van der Waals surface area contributed by atoms with E-state index in [-0.39, 0.29) is 0 Å². The third-order valence-corrected chi connectivity index (χ3v) is 2.04. The minimum atomic E-state index is 0.455. The summed E-state index contributed by atoms with van der Waals surface area (Å²) in [7, 11) is 1.56. The SMILES string of the molecule is COc1ncc(CNC(C)C)cc1Cl. The molecule has 78 valence electrons. The van der Waals surface area contributed by atoms with E-state index in [9.17, 15) is 0 Å². The summed E-state index contributed by atoms with van der Waals surface area (Å²) in [5.74, 6) is 0.472. The molecule has 14 heavy (non-hydrogen) atoms. The number of pyridine rings is 1. The maximum Gasteiger partial charge on any atom is 0.232 e. The maximum atomic E-state index is 5.93. The van der Waals surface area contributed by atoms with Crippen LogP contribution in [-0.4, -0.2) is 18.1 Å². The molecular formula is C10H15ClN2O. The number of aromatic nitrogens is 1. The monoisotopic (exact) mass is 214 g/mol. The minimum Gasteiger partial charge on any atom is -0.480 e. The van der Waals surface area contributed by atoms with E-state index in [1.54, 1.807) is 13.3 Å². The molecule has 0 saturated carbocycles. The van der Waals surface area contributed by atoms with Gasteiger partial charge < -0.3 is 10.1 Å². The average molecular weight is 215 g/mol. The smallest absolute Gasteiger partial charge is 0.232 e. The Morgan fingerprint density at radius 3 is 2.79 bits per heavy atom. The van der Waals surface area contributed by atoms with E-state index in [0.717, 1.165) is 12.1 Å². The van der Waals surface area contributed by atoms with Crippen LogP contribution < -0.4 is 10.1 Å². The second-order valence-corrected chi connectivity index (χ2v) is 3.78. The Labute approximate surface area is 89.4 Å². The van der Waals surface area contributed by atoms with Gasteiger partial charge in [0.25, 0.3) is 0 Å². The van der Waals surface area contributed by atoms with Crippen molar-refractivity contribution in [3.8, 4) is 5.88 Å². The predicted octanol–water partition coefficient (Wildman–Crippen LogP) is 2.24. The molecule has 1 N–H and O–H groups in total. The van der Waals surface area contributed by atoms with Gasteiger partial charge in [-0.3, -0.25) is 0 Å².